The predicted molar refractivity (Wildman–Crippen MR) is 132 cm³/mol. The standard InChI is InChI=1S/C27H26FN3O4/c1-27(34)8-3-9-31(14-27)26(33)16-4-6-18-19-10-17(15-5-7-23(35-2)21(28)12-15)11-20(25(29)32)24(19)30-22(18)13-16/h4-7,10-13,30,34H,3,8-9,14H2,1-2H3,(H2,29,32). The minimum absolute atomic E-state index is 0.129. The fourth-order valence-electron chi connectivity index (χ4n) is 4.92. The first-order valence-corrected chi connectivity index (χ1v) is 11.4. The van der Waals surface area contributed by atoms with E-state index in [4.69, 9.17) is 10.5 Å². The van der Waals surface area contributed by atoms with E-state index in [-0.39, 0.29) is 23.8 Å². The summed E-state index contributed by atoms with van der Waals surface area (Å²) in [6, 6.07) is 13.4. The number of piperidine rings is 1. The summed E-state index contributed by atoms with van der Waals surface area (Å²) in [7, 11) is 1.40. The van der Waals surface area contributed by atoms with Crippen molar-refractivity contribution in [2.75, 3.05) is 20.2 Å². The number of hydrogen-bond acceptors (Lipinski definition) is 4. The number of benzene rings is 3. The maximum atomic E-state index is 14.3. The SMILES string of the molecule is COc1ccc(-c2cc(C(N)=O)c3[nH]c4cc(C(=O)N5CCCC(C)(O)C5)ccc4c3c2)cc1F. The molecule has 2 heterocycles. The lowest BCUT2D eigenvalue weighted by Gasteiger charge is -2.36. The van der Waals surface area contributed by atoms with E-state index in [1.54, 1.807) is 36.1 Å². The zero-order valence-corrected chi connectivity index (χ0v) is 19.5. The van der Waals surface area contributed by atoms with Crippen LogP contribution in [0.2, 0.25) is 0 Å². The van der Waals surface area contributed by atoms with Gasteiger partial charge in [-0.15, -0.1) is 0 Å². The largest absolute Gasteiger partial charge is 0.494 e. The maximum Gasteiger partial charge on any atom is 0.254 e. The van der Waals surface area contributed by atoms with Crippen molar-refractivity contribution >= 4 is 33.6 Å². The van der Waals surface area contributed by atoms with Crippen LogP contribution in [0.1, 0.15) is 40.5 Å². The van der Waals surface area contributed by atoms with Crippen LogP contribution < -0.4 is 10.5 Å². The van der Waals surface area contributed by atoms with Gasteiger partial charge in [-0.3, -0.25) is 9.59 Å². The number of carbonyl (C=O) groups excluding carboxylic acids is 2. The van der Waals surface area contributed by atoms with E-state index in [0.717, 1.165) is 17.2 Å². The average Bonchev–Trinajstić information content (AvgIpc) is 3.19. The van der Waals surface area contributed by atoms with Gasteiger partial charge in [-0.25, -0.2) is 4.39 Å². The summed E-state index contributed by atoms with van der Waals surface area (Å²) in [6.45, 7) is 2.61. The van der Waals surface area contributed by atoms with Crippen LogP contribution in [-0.4, -0.2) is 52.6 Å². The van der Waals surface area contributed by atoms with E-state index in [1.807, 2.05) is 12.1 Å². The minimum Gasteiger partial charge on any atom is -0.494 e. The molecule has 3 aromatic carbocycles. The number of nitrogens with two attached hydrogens (primary N) is 1. The van der Waals surface area contributed by atoms with Gasteiger partial charge < -0.3 is 25.5 Å². The number of rotatable bonds is 4. The Morgan fingerprint density at radius 1 is 1.11 bits per heavy atom. The van der Waals surface area contributed by atoms with E-state index in [2.05, 4.69) is 4.98 Å². The predicted octanol–water partition coefficient (Wildman–Crippen LogP) is 4.22. The van der Waals surface area contributed by atoms with Crippen molar-refractivity contribution in [3.63, 3.8) is 0 Å². The number of halogens is 1. The minimum atomic E-state index is -0.896. The topological polar surface area (TPSA) is 109 Å². The first-order valence-electron chi connectivity index (χ1n) is 11.4. The molecule has 1 fully saturated rings. The van der Waals surface area contributed by atoms with Gasteiger partial charge in [0.25, 0.3) is 11.8 Å². The Labute approximate surface area is 201 Å². The molecule has 0 aliphatic carbocycles. The molecule has 1 aliphatic rings. The number of aromatic amines is 1. The van der Waals surface area contributed by atoms with Crippen LogP contribution in [0.15, 0.2) is 48.5 Å². The third kappa shape index (κ3) is 4.10. The monoisotopic (exact) mass is 475 g/mol. The molecule has 7 nitrogen and oxygen atoms in total. The van der Waals surface area contributed by atoms with Crippen LogP contribution in [0.3, 0.4) is 0 Å². The fourth-order valence-corrected chi connectivity index (χ4v) is 4.92. The van der Waals surface area contributed by atoms with Gasteiger partial charge in [0.05, 0.1) is 23.8 Å². The zero-order chi connectivity index (χ0) is 24.9. The van der Waals surface area contributed by atoms with Gasteiger partial charge in [-0.2, -0.15) is 0 Å². The van der Waals surface area contributed by atoms with Crippen molar-refractivity contribution in [3.05, 3.63) is 65.5 Å². The molecule has 1 aliphatic heterocycles. The molecule has 1 aromatic heterocycles. The van der Waals surface area contributed by atoms with Crippen molar-refractivity contribution in [2.24, 2.45) is 5.73 Å². The number of nitrogens with one attached hydrogen (secondary N) is 1. The molecule has 35 heavy (non-hydrogen) atoms. The summed E-state index contributed by atoms with van der Waals surface area (Å²) in [5.41, 5.74) is 7.98. The smallest absolute Gasteiger partial charge is 0.254 e. The number of aliphatic hydroxyl groups is 1. The molecule has 0 spiro atoms. The van der Waals surface area contributed by atoms with Crippen LogP contribution in [-0.2, 0) is 0 Å². The first kappa shape index (κ1) is 22.9. The highest BCUT2D eigenvalue weighted by molar-refractivity contribution is 6.17. The number of amides is 2. The van der Waals surface area contributed by atoms with Crippen molar-refractivity contribution < 1.29 is 23.8 Å². The lowest BCUT2D eigenvalue weighted by Crippen LogP contribution is -2.48. The van der Waals surface area contributed by atoms with Gasteiger partial charge in [0.2, 0.25) is 0 Å². The van der Waals surface area contributed by atoms with Gasteiger partial charge in [-0.05, 0) is 67.3 Å². The molecule has 0 bridgehead atoms. The summed E-state index contributed by atoms with van der Waals surface area (Å²) < 4.78 is 19.3. The first-order chi connectivity index (χ1) is 16.7. The molecule has 4 N–H and O–H groups in total. The van der Waals surface area contributed by atoms with Crippen LogP contribution in [0, 0.1) is 5.82 Å². The Balaban J connectivity index is 1.61. The normalized spacial score (nSPS) is 18.2. The molecule has 1 saturated heterocycles. The number of methoxy groups -OCH3 is 1. The number of carbonyl (C=O) groups is 2. The van der Waals surface area contributed by atoms with Gasteiger partial charge in [0.15, 0.2) is 11.6 Å². The summed E-state index contributed by atoms with van der Waals surface area (Å²) in [6.07, 6.45) is 1.40. The fraction of sp³-hybridized carbons (Fsp3) is 0.259. The number of nitrogens with zero attached hydrogens (tertiary/aromatic N) is 1. The maximum absolute atomic E-state index is 14.3. The third-order valence-electron chi connectivity index (χ3n) is 6.67. The summed E-state index contributed by atoms with van der Waals surface area (Å²) in [5, 5.41) is 11.9. The number of hydrogen-bond donors (Lipinski definition) is 3. The summed E-state index contributed by atoms with van der Waals surface area (Å²) in [4.78, 5) is 30.3. The molecule has 4 aromatic rings. The Morgan fingerprint density at radius 2 is 1.91 bits per heavy atom. The number of β-amino-alcohol motifs (C(OH)–C–C–N with tert-alkyl or cyclic N) is 1. The van der Waals surface area contributed by atoms with Gasteiger partial charge in [0, 0.05) is 34.9 Å². The molecule has 5 rings (SSSR count). The van der Waals surface area contributed by atoms with Crippen LogP contribution in [0.5, 0.6) is 5.75 Å². The van der Waals surface area contributed by atoms with Crippen LogP contribution >= 0.6 is 0 Å². The van der Waals surface area contributed by atoms with Crippen LogP contribution in [0.4, 0.5) is 4.39 Å². The number of H-pyrrole nitrogens is 1. The van der Waals surface area contributed by atoms with Gasteiger partial charge in [0.1, 0.15) is 0 Å². The van der Waals surface area contributed by atoms with Crippen molar-refractivity contribution in [1.82, 2.24) is 9.88 Å². The Kier molecular flexibility index (Phi) is 5.48. The third-order valence-corrected chi connectivity index (χ3v) is 6.67. The lowest BCUT2D eigenvalue weighted by molar-refractivity contribution is -0.0107. The quantitative estimate of drug-likeness (QED) is 0.411. The number of likely N-dealkylation sites (tertiary alicyclic amines) is 1. The molecule has 180 valence electrons. The Hall–Kier alpha value is -3.91. The molecule has 2 amide bonds. The second-order valence-corrected chi connectivity index (χ2v) is 9.37. The summed E-state index contributed by atoms with van der Waals surface area (Å²) in [5.74, 6) is -1.16. The molecular formula is C27H26FN3O4. The Bertz CT molecular complexity index is 1490. The van der Waals surface area contributed by atoms with Gasteiger partial charge in [-0.1, -0.05) is 12.1 Å². The highest BCUT2D eigenvalue weighted by Gasteiger charge is 2.31. The van der Waals surface area contributed by atoms with Gasteiger partial charge >= 0.3 is 0 Å². The summed E-state index contributed by atoms with van der Waals surface area (Å²) >= 11 is 0. The van der Waals surface area contributed by atoms with E-state index in [1.165, 1.54) is 19.2 Å². The second kappa shape index (κ2) is 8.39. The Morgan fingerprint density at radius 3 is 2.60 bits per heavy atom. The van der Waals surface area contributed by atoms with E-state index >= 15 is 0 Å². The molecule has 0 radical (unpaired) electrons. The molecule has 8 heteroatoms. The highest BCUT2D eigenvalue weighted by atomic mass is 19.1. The van der Waals surface area contributed by atoms with Crippen molar-refractivity contribution in [1.29, 1.82) is 0 Å². The molecular weight excluding hydrogens is 449 g/mol. The van der Waals surface area contributed by atoms with Crippen molar-refractivity contribution in [2.45, 2.75) is 25.4 Å². The van der Waals surface area contributed by atoms with Crippen LogP contribution in [0.25, 0.3) is 32.9 Å². The highest BCUT2D eigenvalue weighted by Crippen LogP contribution is 2.35. The second-order valence-electron chi connectivity index (χ2n) is 9.37. The number of fused-ring (bicyclic) bond motifs is 3. The van der Waals surface area contributed by atoms with E-state index < -0.39 is 17.3 Å². The van der Waals surface area contributed by atoms with E-state index in [0.29, 0.717) is 40.7 Å². The zero-order valence-electron chi connectivity index (χ0n) is 19.5. The van der Waals surface area contributed by atoms with E-state index in [9.17, 15) is 19.1 Å². The number of ether oxygens (including phenoxy) is 1. The van der Waals surface area contributed by atoms with Crippen molar-refractivity contribution in [3.8, 4) is 16.9 Å². The molecule has 1 atom stereocenters. The number of primary amides is 1. The molecule has 0 saturated carbocycles. The molecule has 1 unspecified atom stereocenters. The average molecular weight is 476 g/mol. The lowest BCUT2D eigenvalue weighted by atomic mass is 9.94. The number of aromatic nitrogens is 1.